The van der Waals surface area contributed by atoms with Gasteiger partial charge in [0.25, 0.3) is 0 Å². The number of imidazole rings is 1. The standard InChI is InChI=1S/C45H78ClFN5O10P/c1-3-5-7-9-11-13-15-17-19-21-23-25-27-29-37(53)58-31-35(32-59-38(54)30-28-26-24-22-20-18-16-14-12-10-8-6-4-2)62-63(56,57)60-33-36-41(55)39(47)44(61-36)52-34-49-40-42(48)50-45(46)51-43(40)52/h34-36,39,41,44,55H,3-33H2,1-2H3,(H,56,57)(H2,48,50,51)/t36-,39+,41-,44-/m1/s1. The number of aromatic nitrogens is 4. The van der Waals surface area contributed by atoms with Gasteiger partial charge in [0.1, 0.15) is 37.0 Å². The maximum absolute atomic E-state index is 15.4. The van der Waals surface area contributed by atoms with Crippen LogP contribution in [0.3, 0.4) is 0 Å². The molecule has 1 aliphatic heterocycles. The molecule has 0 spiro atoms. The van der Waals surface area contributed by atoms with Gasteiger partial charge in [-0.3, -0.25) is 23.2 Å². The van der Waals surface area contributed by atoms with Crippen LogP contribution in [0.4, 0.5) is 10.2 Å². The number of aliphatic hydroxyl groups is 1. The van der Waals surface area contributed by atoms with Crippen LogP contribution >= 0.6 is 19.4 Å². The summed E-state index contributed by atoms with van der Waals surface area (Å²) in [5, 5.41) is 10.4. The summed E-state index contributed by atoms with van der Waals surface area (Å²) in [6, 6.07) is 0. The summed E-state index contributed by atoms with van der Waals surface area (Å²) in [4.78, 5) is 47.9. The van der Waals surface area contributed by atoms with Crippen LogP contribution in [-0.4, -0.2) is 85.8 Å². The van der Waals surface area contributed by atoms with Crippen LogP contribution in [0.15, 0.2) is 6.33 Å². The molecule has 362 valence electrons. The Morgan fingerprint density at radius 2 is 1.21 bits per heavy atom. The number of carbonyl (C=O) groups is 2. The number of aliphatic hydroxyl groups excluding tert-OH is 1. The Morgan fingerprint density at radius 3 is 1.65 bits per heavy atom. The van der Waals surface area contributed by atoms with Gasteiger partial charge < -0.3 is 29.9 Å². The third kappa shape index (κ3) is 22.5. The van der Waals surface area contributed by atoms with Crippen LogP contribution in [0.2, 0.25) is 5.28 Å². The first-order valence-electron chi connectivity index (χ1n) is 24.1. The monoisotopic (exact) mass is 934 g/mol. The quantitative estimate of drug-likeness (QED) is 0.0248. The predicted molar refractivity (Wildman–Crippen MR) is 243 cm³/mol. The highest BCUT2D eigenvalue weighted by molar-refractivity contribution is 7.47. The molecule has 1 unspecified atom stereocenters. The van der Waals surface area contributed by atoms with E-state index < -0.39 is 70.3 Å². The van der Waals surface area contributed by atoms with Crippen LogP contribution in [0.25, 0.3) is 11.2 Å². The topological polar surface area (TPSA) is 207 Å². The lowest BCUT2D eigenvalue weighted by Crippen LogP contribution is -2.32. The fourth-order valence-electron chi connectivity index (χ4n) is 7.75. The number of fused-ring (bicyclic) bond motifs is 1. The molecule has 0 aliphatic carbocycles. The van der Waals surface area contributed by atoms with Crippen LogP contribution in [0.5, 0.6) is 0 Å². The van der Waals surface area contributed by atoms with Gasteiger partial charge in [0.15, 0.2) is 23.9 Å². The van der Waals surface area contributed by atoms with Crippen molar-refractivity contribution in [1.82, 2.24) is 19.5 Å². The van der Waals surface area contributed by atoms with Crippen molar-refractivity contribution < 1.29 is 51.8 Å². The number of rotatable bonds is 38. The van der Waals surface area contributed by atoms with E-state index in [4.69, 9.17) is 40.6 Å². The Bertz CT molecular complexity index is 1560. The molecular weight excluding hydrogens is 856 g/mol. The maximum Gasteiger partial charge on any atom is 0.472 e. The highest BCUT2D eigenvalue weighted by Crippen LogP contribution is 2.46. The van der Waals surface area contributed by atoms with Crippen LogP contribution in [-0.2, 0) is 37.4 Å². The number of alkyl halides is 1. The Hall–Kier alpha value is -2.46. The normalized spacial score (nSPS) is 18.7. The van der Waals surface area contributed by atoms with Crippen molar-refractivity contribution in [3.05, 3.63) is 11.6 Å². The van der Waals surface area contributed by atoms with Crippen LogP contribution in [0.1, 0.15) is 200 Å². The highest BCUT2D eigenvalue weighted by Gasteiger charge is 2.47. The number of unbranched alkanes of at least 4 members (excludes halogenated alkanes) is 24. The Balaban J connectivity index is 1.42. The average Bonchev–Trinajstić information content (AvgIpc) is 3.80. The van der Waals surface area contributed by atoms with E-state index >= 15 is 4.39 Å². The molecule has 0 radical (unpaired) electrons. The number of halogens is 2. The molecular formula is C45H78ClFN5O10P. The molecule has 3 heterocycles. The predicted octanol–water partition coefficient (Wildman–Crippen LogP) is 11.2. The Kier molecular flexibility index (Phi) is 28.1. The van der Waals surface area contributed by atoms with Crippen molar-refractivity contribution in [3.8, 4) is 0 Å². The van der Waals surface area contributed by atoms with E-state index in [1.807, 2.05) is 0 Å². The fourth-order valence-corrected chi connectivity index (χ4v) is 8.81. The summed E-state index contributed by atoms with van der Waals surface area (Å²) in [5.41, 5.74) is 6.05. The zero-order valence-electron chi connectivity index (χ0n) is 38.1. The molecule has 0 aromatic carbocycles. The molecule has 4 N–H and O–H groups in total. The van der Waals surface area contributed by atoms with Gasteiger partial charge >= 0.3 is 19.8 Å². The number of nitrogens with zero attached hydrogens (tertiary/aromatic N) is 4. The number of nitrogen functional groups attached to an aromatic ring is 1. The summed E-state index contributed by atoms with van der Waals surface area (Å²) in [5.74, 6) is -1.07. The lowest BCUT2D eigenvalue weighted by Gasteiger charge is -2.22. The first-order valence-corrected chi connectivity index (χ1v) is 25.9. The zero-order valence-corrected chi connectivity index (χ0v) is 39.8. The number of phosphoric ester groups is 1. The second-order valence-electron chi connectivity index (χ2n) is 17.0. The molecule has 15 nitrogen and oxygen atoms in total. The Morgan fingerprint density at radius 1 is 0.778 bits per heavy atom. The number of nitrogens with two attached hydrogens (primary N) is 1. The third-order valence-corrected chi connectivity index (χ3v) is 12.7. The van der Waals surface area contributed by atoms with Gasteiger partial charge in [0.2, 0.25) is 5.28 Å². The lowest BCUT2D eigenvalue weighted by molar-refractivity contribution is -0.152. The van der Waals surface area contributed by atoms with Crippen molar-refractivity contribution in [3.63, 3.8) is 0 Å². The minimum absolute atomic E-state index is 0.0407. The Labute approximate surface area is 380 Å². The largest absolute Gasteiger partial charge is 0.472 e. The summed E-state index contributed by atoms with van der Waals surface area (Å²) in [6.07, 6.45) is 23.9. The summed E-state index contributed by atoms with van der Waals surface area (Å²) in [6.45, 7) is 2.74. The molecule has 1 saturated heterocycles. The number of ether oxygens (including phenoxy) is 3. The third-order valence-electron chi connectivity index (χ3n) is 11.5. The van der Waals surface area contributed by atoms with Gasteiger partial charge in [-0.15, -0.1) is 0 Å². The van der Waals surface area contributed by atoms with Crippen molar-refractivity contribution in [2.24, 2.45) is 0 Å². The van der Waals surface area contributed by atoms with E-state index in [-0.39, 0.29) is 35.1 Å². The molecule has 0 saturated carbocycles. The number of phosphoric acid groups is 1. The van der Waals surface area contributed by atoms with Gasteiger partial charge in [0, 0.05) is 12.8 Å². The van der Waals surface area contributed by atoms with E-state index in [1.165, 1.54) is 126 Å². The van der Waals surface area contributed by atoms with Gasteiger partial charge in [-0.2, -0.15) is 9.97 Å². The smallest absolute Gasteiger partial charge is 0.463 e. The van der Waals surface area contributed by atoms with E-state index in [9.17, 15) is 24.2 Å². The SMILES string of the molecule is CCCCCCCCCCCCCCCC(=O)OCC(COC(=O)CCCCCCCCCCCCCCC)OP(=O)(O)OC[C@H]1O[C@@H](n2cnc3c(N)nc(Cl)nc32)[C@@H](F)[C@@H]1O. The van der Waals surface area contributed by atoms with Crippen molar-refractivity contribution in [1.29, 1.82) is 0 Å². The molecule has 5 atom stereocenters. The average molecular weight is 935 g/mol. The number of esters is 2. The van der Waals surface area contributed by atoms with Crippen LogP contribution in [0, 0.1) is 0 Å². The van der Waals surface area contributed by atoms with Gasteiger partial charge in [-0.1, -0.05) is 168 Å². The number of carbonyl (C=O) groups excluding carboxylic acids is 2. The van der Waals surface area contributed by atoms with E-state index in [0.717, 1.165) is 38.5 Å². The molecule has 63 heavy (non-hydrogen) atoms. The molecule has 1 fully saturated rings. The molecule has 1 aliphatic rings. The van der Waals surface area contributed by atoms with Gasteiger partial charge in [-0.05, 0) is 24.4 Å². The van der Waals surface area contributed by atoms with E-state index in [0.29, 0.717) is 12.8 Å². The minimum atomic E-state index is -4.97. The summed E-state index contributed by atoms with van der Waals surface area (Å²) in [7, 11) is -4.97. The summed E-state index contributed by atoms with van der Waals surface area (Å²) < 4.78 is 56.6. The van der Waals surface area contributed by atoms with Crippen molar-refractivity contribution in [2.45, 2.75) is 224 Å². The fraction of sp³-hybridized carbons (Fsp3) is 0.844. The number of hydrogen-bond acceptors (Lipinski definition) is 13. The lowest BCUT2D eigenvalue weighted by atomic mass is 10.0. The number of anilines is 1. The highest BCUT2D eigenvalue weighted by atomic mass is 35.5. The van der Waals surface area contributed by atoms with E-state index in [1.54, 1.807) is 0 Å². The molecule has 3 rings (SSSR count). The first-order chi connectivity index (χ1) is 30.5. The second-order valence-corrected chi connectivity index (χ2v) is 18.8. The minimum Gasteiger partial charge on any atom is -0.463 e. The van der Waals surface area contributed by atoms with Crippen molar-refractivity contribution in [2.75, 3.05) is 25.6 Å². The zero-order chi connectivity index (χ0) is 45.7. The summed E-state index contributed by atoms with van der Waals surface area (Å²) >= 11 is 5.93. The first kappa shape index (κ1) is 54.9. The maximum atomic E-state index is 15.4. The number of hydrogen-bond donors (Lipinski definition) is 3. The van der Waals surface area contributed by atoms with Crippen molar-refractivity contribution >= 4 is 48.3 Å². The second kappa shape index (κ2) is 32.3. The molecule has 2 aromatic rings. The molecule has 0 amide bonds. The van der Waals surface area contributed by atoms with E-state index in [2.05, 4.69) is 28.8 Å². The molecule has 0 bridgehead atoms. The molecule has 18 heteroatoms. The van der Waals surface area contributed by atoms with Gasteiger partial charge in [0.05, 0.1) is 12.9 Å². The molecule has 2 aromatic heterocycles. The van der Waals surface area contributed by atoms with Crippen LogP contribution < -0.4 is 5.73 Å². The van der Waals surface area contributed by atoms with Gasteiger partial charge in [-0.25, -0.2) is 13.9 Å².